The number of anilines is 1. The molecule has 0 radical (unpaired) electrons. The summed E-state index contributed by atoms with van der Waals surface area (Å²) < 4.78 is 12.8. The van der Waals surface area contributed by atoms with Crippen LogP contribution in [0.4, 0.5) is 5.13 Å². The quantitative estimate of drug-likeness (QED) is 0.464. The number of fused-ring (bicyclic) bond motifs is 3. The monoisotopic (exact) mass is 418 g/mol. The summed E-state index contributed by atoms with van der Waals surface area (Å²) in [5.41, 5.74) is 5.07. The van der Waals surface area contributed by atoms with E-state index < -0.39 is 0 Å². The number of ether oxygens (including phenoxy) is 2. The van der Waals surface area contributed by atoms with E-state index in [1.165, 1.54) is 11.3 Å². The van der Waals surface area contributed by atoms with Crippen molar-refractivity contribution in [3.63, 3.8) is 0 Å². The highest BCUT2D eigenvalue weighted by Gasteiger charge is 2.32. The minimum absolute atomic E-state index is 0.275. The normalized spacial score (nSPS) is 11.7. The van der Waals surface area contributed by atoms with Gasteiger partial charge in [-0.15, -0.1) is 11.3 Å². The molecule has 150 valence electrons. The highest BCUT2D eigenvalue weighted by atomic mass is 32.1. The van der Waals surface area contributed by atoms with Crippen LogP contribution >= 0.6 is 11.3 Å². The summed E-state index contributed by atoms with van der Waals surface area (Å²) in [6, 6.07) is 13.7. The number of para-hydroxylation sites is 1. The fourth-order valence-electron chi connectivity index (χ4n) is 3.75. The van der Waals surface area contributed by atoms with Crippen LogP contribution in [-0.2, 0) is 6.42 Å². The van der Waals surface area contributed by atoms with Crippen LogP contribution < -0.4 is 14.8 Å². The summed E-state index contributed by atoms with van der Waals surface area (Å²) in [5, 5.41) is 9.90. The lowest BCUT2D eigenvalue weighted by atomic mass is 10.1. The topological polar surface area (TPSA) is 78.3 Å². The average Bonchev–Trinajstić information content (AvgIpc) is 3.49. The van der Waals surface area contributed by atoms with E-state index in [1.54, 1.807) is 20.4 Å². The van der Waals surface area contributed by atoms with Crippen LogP contribution in [-0.4, -0.2) is 34.9 Å². The van der Waals surface area contributed by atoms with E-state index in [9.17, 15) is 4.79 Å². The van der Waals surface area contributed by atoms with Crippen molar-refractivity contribution in [1.29, 1.82) is 0 Å². The Kier molecular flexibility index (Phi) is 4.48. The Bertz CT molecular complexity index is 1230. The fourth-order valence-corrected chi connectivity index (χ4v) is 4.28. The number of thiazole rings is 1. The van der Waals surface area contributed by atoms with Crippen LogP contribution in [0.25, 0.3) is 16.9 Å². The maximum Gasteiger partial charge on any atom is 0.278 e. The summed E-state index contributed by atoms with van der Waals surface area (Å²) in [7, 11) is 3.23. The van der Waals surface area contributed by atoms with Crippen LogP contribution in [0.5, 0.6) is 11.5 Å². The third-order valence-corrected chi connectivity index (χ3v) is 5.77. The van der Waals surface area contributed by atoms with E-state index in [0.29, 0.717) is 28.7 Å². The first-order valence-corrected chi connectivity index (χ1v) is 10.2. The van der Waals surface area contributed by atoms with Gasteiger partial charge in [0.05, 0.1) is 25.6 Å². The van der Waals surface area contributed by atoms with Crippen molar-refractivity contribution < 1.29 is 14.3 Å². The maximum atomic E-state index is 13.0. The van der Waals surface area contributed by atoms with Gasteiger partial charge < -0.3 is 9.47 Å². The minimum Gasteiger partial charge on any atom is -0.493 e. The van der Waals surface area contributed by atoms with Gasteiger partial charge in [0.2, 0.25) is 0 Å². The van der Waals surface area contributed by atoms with Gasteiger partial charge in [-0.3, -0.25) is 10.1 Å². The molecule has 0 unspecified atom stereocenters. The zero-order chi connectivity index (χ0) is 20.7. The SMILES string of the molecule is COc1cc2c(cc1OC)-c1c(c(C(=O)Nc3nccs3)nn1-c1ccccc1)C2. The van der Waals surface area contributed by atoms with Crippen LogP contribution in [0.2, 0.25) is 0 Å². The van der Waals surface area contributed by atoms with E-state index in [-0.39, 0.29) is 5.91 Å². The Morgan fingerprint density at radius 2 is 1.90 bits per heavy atom. The molecule has 1 N–H and O–H groups in total. The Labute approximate surface area is 176 Å². The number of hydrogen-bond acceptors (Lipinski definition) is 6. The second kappa shape index (κ2) is 7.31. The number of hydrogen-bond donors (Lipinski definition) is 1. The van der Waals surface area contributed by atoms with Crippen molar-refractivity contribution in [3.8, 4) is 28.4 Å². The third-order valence-electron chi connectivity index (χ3n) is 5.08. The Morgan fingerprint density at radius 1 is 1.13 bits per heavy atom. The molecule has 0 spiro atoms. The van der Waals surface area contributed by atoms with Gasteiger partial charge in [0.1, 0.15) is 0 Å². The standard InChI is InChI=1S/C22H18N4O3S/c1-28-17-11-13-10-16-19(21(27)24-22-23-8-9-30-22)25-26(14-6-4-3-5-7-14)20(16)15(13)12-18(17)29-2/h3-9,11-12H,10H2,1-2H3,(H,23,24,27). The highest BCUT2D eigenvalue weighted by molar-refractivity contribution is 7.13. The molecule has 0 aliphatic heterocycles. The van der Waals surface area contributed by atoms with E-state index >= 15 is 0 Å². The minimum atomic E-state index is -0.275. The number of amides is 1. The van der Waals surface area contributed by atoms with Crippen LogP contribution in [0.3, 0.4) is 0 Å². The first kappa shape index (κ1) is 18.4. The smallest absolute Gasteiger partial charge is 0.278 e. The van der Waals surface area contributed by atoms with Gasteiger partial charge in [-0.1, -0.05) is 18.2 Å². The third kappa shape index (κ3) is 2.93. The van der Waals surface area contributed by atoms with E-state index in [2.05, 4.69) is 15.4 Å². The largest absolute Gasteiger partial charge is 0.493 e. The molecule has 2 aromatic heterocycles. The van der Waals surface area contributed by atoms with Crippen molar-refractivity contribution in [1.82, 2.24) is 14.8 Å². The molecular weight excluding hydrogens is 400 g/mol. The molecule has 0 fully saturated rings. The molecule has 0 bridgehead atoms. The summed E-state index contributed by atoms with van der Waals surface area (Å²) in [6.07, 6.45) is 2.24. The Morgan fingerprint density at radius 3 is 2.60 bits per heavy atom. The van der Waals surface area contributed by atoms with Gasteiger partial charge >= 0.3 is 0 Å². The lowest BCUT2D eigenvalue weighted by Crippen LogP contribution is -2.14. The maximum absolute atomic E-state index is 13.0. The second-order valence-electron chi connectivity index (χ2n) is 6.76. The van der Waals surface area contributed by atoms with Gasteiger partial charge in [-0.05, 0) is 29.8 Å². The molecule has 5 rings (SSSR count). The van der Waals surface area contributed by atoms with Gasteiger partial charge in [-0.25, -0.2) is 9.67 Å². The first-order chi connectivity index (χ1) is 14.7. The van der Waals surface area contributed by atoms with Gasteiger partial charge in [-0.2, -0.15) is 5.10 Å². The average molecular weight is 418 g/mol. The molecule has 4 aromatic rings. The number of carbonyl (C=O) groups is 1. The number of nitrogens with zero attached hydrogens (tertiary/aromatic N) is 3. The number of nitrogens with one attached hydrogen (secondary N) is 1. The van der Waals surface area contributed by atoms with E-state index in [1.807, 2.05) is 52.5 Å². The van der Waals surface area contributed by atoms with Crippen molar-refractivity contribution in [2.45, 2.75) is 6.42 Å². The second-order valence-corrected chi connectivity index (χ2v) is 7.65. The molecule has 7 nitrogen and oxygen atoms in total. The molecule has 8 heteroatoms. The van der Waals surface area contributed by atoms with Gasteiger partial charge in [0.25, 0.3) is 5.91 Å². The molecule has 0 atom stereocenters. The zero-order valence-electron chi connectivity index (χ0n) is 16.4. The molecule has 2 aromatic carbocycles. The molecule has 0 saturated carbocycles. The number of aromatic nitrogens is 3. The molecule has 0 saturated heterocycles. The molecule has 1 amide bonds. The summed E-state index contributed by atoms with van der Waals surface area (Å²) in [5.74, 6) is 1.02. The van der Waals surface area contributed by atoms with Gasteiger partial charge in [0, 0.05) is 29.1 Å². The lowest BCUT2D eigenvalue weighted by Gasteiger charge is -2.12. The van der Waals surface area contributed by atoms with E-state index in [0.717, 1.165) is 28.1 Å². The molecule has 2 heterocycles. The number of carbonyl (C=O) groups excluding carboxylic acids is 1. The summed E-state index contributed by atoms with van der Waals surface area (Å²) in [6.45, 7) is 0. The first-order valence-electron chi connectivity index (χ1n) is 9.33. The van der Waals surface area contributed by atoms with Crippen LogP contribution in [0.1, 0.15) is 21.6 Å². The van der Waals surface area contributed by atoms with Gasteiger partial charge in [0.15, 0.2) is 22.3 Å². The lowest BCUT2D eigenvalue weighted by molar-refractivity contribution is 0.102. The van der Waals surface area contributed by atoms with Crippen LogP contribution in [0, 0.1) is 0 Å². The number of methoxy groups -OCH3 is 2. The molecular formula is C22H18N4O3S. The number of rotatable bonds is 5. The summed E-state index contributed by atoms with van der Waals surface area (Å²) in [4.78, 5) is 17.2. The highest BCUT2D eigenvalue weighted by Crippen LogP contribution is 2.44. The Hall–Kier alpha value is -3.65. The van der Waals surface area contributed by atoms with Crippen molar-refractivity contribution >= 4 is 22.4 Å². The predicted molar refractivity (Wildman–Crippen MR) is 115 cm³/mol. The fraction of sp³-hybridized carbons (Fsp3) is 0.136. The Balaban J connectivity index is 1.68. The molecule has 30 heavy (non-hydrogen) atoms. The zero-order valence-corrected chi connectivity index (χ0v) is 17.2. The predicted octanol–water partition coefficient (Wildman–Crippen LogP) is 4.17. The van der Waals surface area contributed by atoms with Crippen molar-refractivity contribution in [2.75, 3.05) is 19.5 Å². The van der Waals surface area contributed by atoms with Crippen molar-refractivity contribution in [3.05, 3.63) is 70.9 Å². The number of benzene rings is 2. The molecule has 1 aliphatic rings. The van der Waals surface area contributed by atoms with E-state index in [4.69, 9.17) is 9.47 Å². The molecule has 1 aliphatic carbocycles. The van der Waals surface area contributed by atoms with Crippen LogP contribution in [0.15, 0.2) is 54.0 Å². The summed E-state index contributed by atoms with van der Waals surface area (Å²) >= 11 is 1.37. The van der Waals surface area contributed by atoms with Crippen molar-refractivity contribution in [2.24, 2.45) is 0 Å².